The van der Waals surface area contributed by atoms with Crippen LogP contribution in [0.15, 0.2) is 12.4 Å². The number of nitrogens with one attached hydrogen (secondary N) is 1. The van der Waals surface area contributed by atoms with Gasteiger partial charge in [0.05, 0.1) is 12.7 Å². The summed E-state index contributed by atoms with van der Waals surface area (Å²) in [5.74, 6) is 0.934. The van der Waals surface area contributed by atoms with Crippen LogP contribution in [0.25, 0.3) is 0 Å². The van der Waals surface area contributed by atoms with Crippen LogP contribution in [0.3, 0.4) is 0 Å². The van der Waals surface area contributed by atoms with Crippen molar-refractivity contribution in [3.8, 4) is 0 Å². The molecule has 0 radical (unpaired) electrons. The zero-order valence-corrected chi connectivity index (χ0v) is 10.0. The molecule has 1 unspecified atom stereocenters. The second-order valence-electron chi connectivity index (χ2n) is 3.68. The van der Waals surface area contributed by atoms with Crippen LogP contribution >= 0.6 is 0 Å². The third-order valence-corrected chi connectivity index (χ3v) is 2.42. The monoisotopic (exact) mass is 227 g/mol. The standard InChI is InChI=1S/C11H21N3O2/c1-3-14-6-4-13-11(14)8-10(15)9-12-5-7-16-2/h4,6,10,12,15H,3,5,7-9H2,1-2H3. The zero-order valence-electron chi connectivity index (χ0n) is 10.0. The normalized spacial score (nSPS) is 12.9. The third-order valence-electron chi connectivity index (χ3n) is 2.42. The molecule has 5 heteroatoms. The van der Waals surface area contributed by atoms with E-state index in [-0.39, 0.29) is 0 Å². The minimum Gasteiger partial charge on any atom is -0.391 e. The lowest BCUT2D eigenvalue weighted by Gasteiger charge is -2.12. The number of ether oxygens (including phenoxy) is 1. The SMILES string of the molecule is CCn1ccnc1CC(O)CNCCOC. The van der Waals surface area contributed by atoms with Crippen LogP contribution in [0.5, 0.6) is 0 Å². The molecule has 0 saturated carbocycles. The molecule has 2 N–H and O–H groups in total. The molecular formula is C11H21N3O2. The van der Waals surface area contributed by atoms with Gasteiger partial charge in [-0.2, -0.15) is 0 Å². The molecule has 1 aromatic heterocycles. The van der Waals surface area contributed by atoms with E-state index in [0.717, 1.165) is 18.9 Å². The van der Waals surface area contributed by atoms with Crippen molar-refractivity contribution in [2.24, 2.45) is 0 Å². The van der Waals surface area contributed by atoms with E-state index in [1.165, 1.54) is 0 Å². The molecule has 5 nitrogen and oxygen atoms in total. The van der Waals surface area contributed by atoms with Crippen molar-refractivity contribution in [1.82, 2.24) is 14.9 Å². The number of hydrogen-bond acceptors (Lipinski definition) is 4. The van der Waals surface area contributed by atoms with Gasteiger partial charge in [-0.1, -0.05) is 0 Å². The minimum atomic E-state index is -0.399. The number of aliphatic hydroxyl groups excluding tert-OH is 1. The summed E-state index contributed by atoms with van der Waals surface area (Å²) in [5, 5.41) is 12.9. The maximum absolute atomic E-state index is 9.78. The second kappa shape index (κ2) is 7.38. The van der Waals surface area contributed by atoms with Gasteiger partial charge in [0.15, 0.2) is 0 Å². The van der Waals surface area contributed by atoms with Crippen molar-refractivity contribution < 1.29 is 9.84 Å². The predicted molar refractivity (Wildman–Crippen MR) is 62.4 cm³/mol. The zero-order chi connectivity index (χ0) is 11.8. The highest BCUT2D eigenvalue weighted by atomic mass is 16.5. The Bertz CT molecular complexity index is 289. The fourth-order valence-corrected chi connectivity index (χ4v) is 1.54. The number of aryl methyl sites for hydroxylation is 1. The van der Waals surface area contributed by atoms with Crippen LogP contribution < -0.4 is 5.32 Å². The average molecular weight is 227 g/mol. The van der Waals surface area contributed by atoms with E-state index in [2.05, 4.69) is 17.2 Å². The van der Waals surface area contributed by atoms with Crippen LogP contribution in [0.1, 0.15) is 12.7 Å². The molecule has 1 heterocycles. The van der Waals surface area contributed by atoms with Crippen molar-refractivity contribution in [3.63, 3.8) is 0 Å². The van der Waals surface area contributed by atoms with Crippen molar-refractivity contribution >= 4 is 0 Å². The summed E-state index contributed by atoms with van der Waals surface area (Å²) in [6.07, 6.45) is 3.88. The Hall–Kier alpha value is -0.910. The summed E-state index contributed by atoms with van der Waals surface area (Å²) in [4.78, 5) is 4.22. The van der Waals surface area contributed by atoms with E-state index in [0.29, 0.717) is 19.6 Å². The Balaban J connectivity index is 2.25. The van der Waals surface area contributed by atoms with Crippen LogP contribution in [0.4, 0.5) is 0 Å². The van der Waals surface area contributed by atoms with Gasteiger partial charge in [0, 0.05) is 45.6 Å². The van der Waals surface area contributed by atoms with Gasteiger partial charge < -0.3 is 19.7 Å². The van der Waals surface area contributed by atoms with E-state index >= 15 is 0 Å². The first-order valence-electron chi connectivity index (χ1n) is 5.65. The third kappa shape index (κ3) is 4.30. The predicted octanol–water partition coefficient (Wildman–Crippen LogP) is 0.0424. The minimum absolute atomic E-state index is 0.399. The van der Waals surface area contributed by atoms with Crippen molar-refractivity contribution in [2.45, 2.75) is 26.0 Å². The fourth-order valence-electron chi connectivity index (χ4n) is 1.54. The Morgan fingerprint density at radius 2 is 2.44 bits per heavy atom. The molecule has 0 aromatic carbocycles. The van der Waals surface area contributed by atoms with Crippen molar-refractivity contribution in [2.75, 3.05) is 26.8 Å². The number of rotatable bonds is 8. The van der Waals surface area contributed by atoms with Crippen LogP contribution in [0, 0.1) is 0 Å². The van der Waals surface area contributed by atoms with Gasteiger partial charge >= 0.3 is 0 Å². The molecule has 0 spiro atoms. The Kier molecular flexibility index (Phi) is 6.07. The van der Waals surface area contributed by atoms with Gasteiger partial charge in [-0.05, 0) is 6.92 Å². The lowest BCUT2D eigenvalue weighted by Crippen LogP contribution is -2.31. The van der Waals surface area contributed by atoms with Gasteiger partial charge in [-0.3, -0.25) is 0 Å². The topological polar surface area (TPSA) is 59.3 Å². The lowest BCUT2D eigenvalue weighted by atomic mass is 10.2. The Labute approximate surface area is 96.4 Å². The molecule has 0 fully saturated rings. The quantitative estimate of drug-likeness (QED) is 0.616. The summed E-state index contributed by atoms with van der Waals surface area (Å²) in [6.45, 7) is 4.94. The maximum atomic E-state index is 9.78. The number of methoxy groups -OCH3 is 1. The Morgan fingerprint density at radius 1 is 1.62 bits per heavy atom. The van der Waals surface area contributed by atoms with Gasteiger partial charge in [-0.15, -0.1) is 0 Å². The fraction of sp³-hybridized carbons (Fsp3) is 0.727. The van der Waals surface area contributed by atoms with Crippen LogP contribution in [0.2, 0.25) is 0 Å². The van der Waals surface area contributed by atoms with E-state index < -0.39 is 6.10 Å². The number of hydrogen-bond donors (Lipinski definition) is 2. The highest BCUT2D eigenvalue weighted by Gasteiger charge is 2.08. The molecule has 92 valence electrons. The number of imidazole rings is 1. The van der Waals surface area contributed by atoms with E-state index in [9.17, 15) is 5.11 Å². The van der Waals surface area contributed by atoms with E-state index in [1.54, 1.807) is 13.3 Å². The van der Waals surface area contributed by atoms with Crippen molar-refractivity contribution in [3.05, 3.63) is 18.2 Å². The summed E-state index contributed by atoms with van der Waals surface area (Å²) >= 11 is 0. The average Bonchev–Trinajstić information content (AvgIpc) is 2.71. The van der Waals surface area contributed by atoms with Gasteiger partial charge in [0.25, 0.3) is 0 Å². The smallest absolute Gasteiger partial charge is 0.111 e. The molecule has 0 bridgehead atoms. The largest absolute Gasteiger partial charge is 0.391 e. The van der Waals surface area contributed by atoms with Gasteiger partial charge in [0.2, 0.25) is 0 Å². The molecule has 1 aromatic rings. The lowest BCUT2D eigenvalue weighted by molar-refractivity contribution is 0.157. The summed E-state index contributed by atoms with van der Waals surface area (Å²) in [5.41, 5.74) is 0. The molecule has 0 aliphatic rings. The molecular weight excluding hydrogens is 206 g/mol. The summed E-state index contributed by atoms with van der Waals surface area (Å²) in [7, 11) is 1.66. The molecule has 16 heavy (non-hydrogen) atoms. The van der Waals surface area contributed by atoms with Crippen LogP contribution in [-0.2, 0) is 17.7 Å². The molecule has 0 aliphatic carbocycles. The summed E-state index contributed by atoms with van der Waals surface area (Å²) in [6, 6.07) is 0. The molecule has 0 amide bonds. The first-order valence-corrected chi connectivity index (χ1v) is 5.65. The Morgan fingerprint density at radius 3 is 3.12 bits per heavy atom. The number of aromatic nitrogens is 2. The van der Waals surface area contributed by atoms with Gasteiger partial charge in [0.1, 0.15) is 5.82 Å². The van der Waals surface area contributed by atoms with Crippen LogP contribution in [-0.4, -0.2) is 47.6 Å². The highest BCUT2D eigenvalue weighted by molar-refractivity contribution is 4.94. The number of aliphatic hydroxyl groups is 1. The number of nitrogens with zero attached hydrogens (tertiary/aromatic N) is 2. The first kappa shape index (κ1) is 13.2. The highest BCUT2D eigenvalue weighted by Crippen LogP contribution is 2.01. The second-order valence-corrected chi connectivity index (χ2v) is 3.68. The summed E-state index contributed by atoms with van der Waals surface area (Å²) < 4.78 is 6.95. The van der Waals surface area contributed by atoms with Gasteiger partial charge in [-0.25, -0.2) is 4.98 Å². The first-order chi connectivity index (χ1) is 7.77. The molecule has 0 saturated heterocycles. The van der Waals surface area contributed by atoms with E-state index in [4.69, 9.17) is 4.74 Å². The van der Waals surface area contributed by atoms with E-state index in [1.807, 2.05) is 10.8 Å². The van der Waals surface area contributed by atoms with Crippen molar-refractivity contribution in [1.29, 1.82) is 0 Å². The molecule has 1 rings (SSSR count). The molecule has 0 aliphatic heterocycles. The maximum Gasteiger partial charge on any atom is 0.111 e. The molecule has 1 atom stereocenters.